The number of hydrogen-bond donors (Lipinski definition) is 2. The van der Waals surface area contributed by atoms with E-state index in [-0.39, 0.29) is 16.0 Å². The number of benzene rings is 2. The number of H-pyrrole nitrogens is 1. The second kappa shape index (κ2) is 7.48. The second-order valence-corrected chi connectivity index (χ2v) is 8.94. The fraction of sp³-hybridized carbons (Fsp3) is 0.238. The fourth-order valence-electron chi connectivity index (χ4n) is 3.63. The third kappa shape index (κ3) is 3.36. The fourth-order valence-corrected chi connectivity index (χ4v) is 6.23. The predicted molar refractivity (Wildman–Crippen MR) is 111 cm³/mol. The first-order valence-electron chi connectivity index (χ1n) is 8.81. The molecule has 5 nitrogen and oxygen atoms in total. The van der Waals surface area contributed by atoms with Crippen LogP contribution in [0, 0.1) is 12.8 Å². The summed E-state index contributed by atoms with van der Waals surface area (Å²) in [5, 5.41) is 10.6. The number of nitrogens with one attached hydrogen (secondary N) is 1. The topological polar surface area (TPSA) is 79.4 Å². The zero-order valence-electron chi connectivity index (χ0n) is 15.3. The minimum atomic E-state index is -0.870. The zero-order valence-corrected chi connectivity index (χ0v) is 17.0. The van der Waals surface area contributed by atoms with Crippen molar-refractivity contribution in [1.82, 2.24) is 4.98 Å². The number of thiazole rings is 1. The number of fused-ring (bicyclic) bond motifs is 1. The summed E-state index contributed by atoms with van der Waals surface area (Å²) in [5.74, 6) is -1.23. The Morgan fingerprint density at radius 3 is 2.32 bits per heavy atom. The highest BCUT2D eigenvalue weighted by atomic mass is 32.2. The van der Waals surface area contributed by atoms with Crippen molar-refractivity contribution in [2.75, 3.05) is 7.11 Å². The maximum Gasteiger partial charge on any atom is 0.308 e. The normalized spacial score (nSPS) is 21.1. The number of aryl methyl sites for hydroxylation is 1. The van der Waals surface area contributed by atoms with Gasteiger partial charge in [0.25, 0.3) is 0 Å². The Labute approximate surface area is 170 Å². The lowest BCUT2D eigenvalue weighted by Gasteiger charge is -2.35. The molecule has 0 spiro atoms. The van der Waals surface area contributed by atoms with E-state index < -0.39 is 11.9 Å². The SMILES string of the molecule is COc1ccc([C@H]2Sc3[nH]c(=O)sc3[C@H](c3ccc(C)cc3)[C@H]2C(=O)O)cc1. The van der Waals surface area contributed by atoms with Gasteiger partial charge >= 0.3 is 10.8 Å². The molecule has 0 amide bonds. The van der Waals surface area contributed by atoms with E-state index in [4.69, 9.17) is 4.74 Å². The molecule has 2 N–H and O–H groups in total. The minimum absolute atomic E-state index is 0.158. The molecular formula is C21H19NO4S2. The van der Waals surface area contributed by atoms with Crippen LogP contribution in [-0.4, -0.2) is 23.2 Å². The van der Waals surface area contributed by atoms with Crippen LogP contribution in [0.1, 0.15) is 32.7 Å². The van der Waals surface area contributed by atoms with Crippen LogP contribution in [0.3, 0.4) is 0 Å². The van der Waals surface area contributed by atoms with Crippen molar-refractivity contribution in [3.05, 3.63) is 79.8 Å². The number of carbonyl (C=O) groups is 1. The zero-order chi connectivity index (χ0) is 19.8. The maximum absolute atomic E-state index is 12.4. The maximum atomic E-state index is 12.4. The number of thioether (sulfide) groups is 1. The molecule has 0 bridgehead atoms. The number of ether oxygens (including phenoxy) is 1. The van der Waals surface area contributed by atoms with Gasteiger partial charge in [-0.2, -0.15) is 0 Å². The summed E-state index contributed by atoms with van der Waals surface area (Å²) < 4.78 is 5.22. The van der Waals surface area contributed by atoms with E-state index in [2.05, 4.69) is 4.98 Å². The largest absolute Gasteiger partial charge is 0.497 e. The Morgan fingerprint density at radius 1 is 1.07 bits per heavy atom. The number of rotatable bonds is 4. The summed E-state index contributed by atoms with van der Waals surface area (Å²) in [5.41, 5.74) is 2.91. The molecule has 1 aliphatic rings. The van der Waals surface area contributed by atoms with Gasteiger partial charge in [0, 0.05) is 10.8 Å². The summed E-state index contributed by atoms with van der Waals surface area (Å²) in [4.78, 5) is 28.0. The lowest BCUT2D eigenvalue weighted by Crippen LogP contribution is -2.30. The van der Waals surface area contributed by atoms with Crippen molar-refractivity contribution >= 4 is 29.1 Å². The van der Waals surface area contributed by atoms with E-state index >= 15 is 0 Å². The van der Waals surface area contributed by atoms with E-state index in [1.807, 2.05) is 55.5 Å². The number of carboxylic acid groups (broad SMARTS) is 1. The number of methoxy groups -OCH3 is 1. The Balaban J connectivity index is 1.87. The summed E-state index contributed by atoms with van der Waals surface area (Å²) >= 11 is 2.52. The van der Waals surface area contributed by atoms with Crippen molar-refractivity contribution in [3.63, 3.8) is 0 Å². The smallest absolute Gasteiger partial charge is 0.308 e. The average Bonchev–Trinajstić information content (AvgIpc) is 3.07. The number of aliphatic carboxylic acids is 1. The molecule has 1 aromatic heterocycles. The van der Waals surface area contributed by atoms with Gasteiger partial charge < -0.3 is 14.8 Å². The molecule has 3 aromatic rings. The summed E-state index contributed by atoms with van der Waals surface area (Å²) in [6.07, 6.45) is 0. The van der Waals surface area contributed by atoms with Gasteiger partial charge in [-0.25, -0.2) is 0 Å². The van der Waals surface area contributed by atoms with Crippen LogP contribution in [0.4, 0.5) is 0 Å². The Morgan fingerprint density at radius 2 is 1.71 bits per heavy atom. The Kier molecular flexibility index (Phi) is 5.03. The highest BCUT2D eigenvalue weighted by Crippen LogP contribution is 2.55. The molecule has 0 saturated heterocycles. The van der Waals surface area contributed by atoms with Crippen LogP contribution < -0.4 is 9.61 Å². The number of hydrogen-bond acceptors (Lipinski definition) is 5. The first kappa shape index (κ1) is 18.8. The van der Waals surface area contributed by atoms with Crippen molar-refractivity contribution in [3.8, 4) is 5.75 Å². The molecule has 4 rings (SSSR count). The van der Waals surface area contributed by atoms with Crippen molar-refractivity contribution in [2.24, 2.45) is 5.92 Å². The van der Waals surface area contributed by atoms with Crippen LogP contribution in [0.5, 0.6) is 5.75 Å². The lowest BCUT2D eigenvalue weighted by molar-refractivity contribution is -0.142. The van der Waals surface area contributed by atoms with Gasteiger partial charge in [0.1, 0.15) is 5.75 Å². The molecular weight excluding hydrogens is 394 g/mol. The number of aromatic amines is 1. The van der Waals surface area contributed by atoms with Gasteiger partial charge in [-0.3, -0.25) is 9.59 Å². The first-order chi connectivity index (χ1) is 13.5. The van der Waals surface area contributed by atoms with Gasteiger partial charge in [-0.15, -0.1) is 0 Å². The third-order valence-electron chi connectivity index (χ3n) is 5.02. The minimum Gasteiger partial charge on any atom is -0.497 e. The molecule has 0 radical (unpaired) electrons. The van der Waals surface area contributed by atoms with E-state index in [1.54, 1.807) is 7.11 Å². The molecule has 0 aliphatic carbocycles. The van der Waals surface area contributed by atoms with Gasteiger partial charge in [0.15, 0.2) is 0 Å². The number of aromatic nitrogens is 1. The molecule has 28 heavy (non-hydrogen) atoms. The predicted octanol–water partition coefficient (Wildman–Crippen LogP) is 4.43. The summed E-state index contributed by atoms with van der Waals surface area (Å²) in [6.45, 7) is 2.00. The standard InChI is InChI=1S/C21H19NO4S2/c1-11-3-5-12(6-4-11)15-16(20(23)24)17(13-7-9-14(26-2)10-8-13)27-19-18(15)28-21(25)22-19/h3-10,15-17H,1-2H3,(H,22,25)(H,23,24)/t15-,16-,17-/m1/s1. The Hall–Kier alpha value is -2.51. The molecule has 2 aromatic carbocycles. The van der Waals surface area contributed by atoms with E-state index in [9.17, 15) is 14.7 Å². The van der Waals surface area contributed by atoms with Gasteiger partial charge in [-0.05, 0) is 30.2 Å². The Bertz CT molecular complexity index is 1050. The van der Waals surface area contributed by atoms with E-state index in [1.165, 1.54) is 11.8 Å². The molecule has 0 fully saturated rings. The van der Waals surface area contributed by atoms with Crippen molar-refractivity contribution in [1.29, 1.82) is 0 Å². The third-order valence-corrected chi connectivity index (χ3v) is 7.49. The van der Waals surface area contributed by atoms with Crippen LogP contribution in [0.25, 0.3) is 0 Å². The van der Waals surface area contributed by atoms with Gasteiger partial charge in [0.2, 0.25) is 0 Å². The molecule has 7 heteroatoms. The summed E-state index contributed by atoms with van der Waals surface area (Å²) in [7, 11) is 1.60. The van der Waals surface area contributed by atoms with Gasteiger partial charge in [0.05, 0.1) is 23.3 Å². The second-order valence-electron chi connectivity index (χ2n) is 6.77. The monoisotopic (exact) mass is 413 g/mol. The van der Waals surface area contributed by atoms with Crippen LogP contribution >= 0.6 is 23.1 Å². The van der Waals surface area contributed by atoms with Gasteiger partial charge in [-0.1, -0.05) is 65.1 Å². The van der Waals surface area contributed by atoms with Crippen molar-refractivity contribution < 1.29 is 14.6 Å². The molecule has 3 atom stereocenters. The average molecular weight is 414 g/mol. The van der Waals surface area contributed by atoms with E-state index in [0.29, 0.717) is 0 Å². The number of carboxylic acids is 1. The van der Waals surface area contributed by atoms with Crippen LogP contribution in [0.15, 0.2) is 58.4 Å². The van der Waals surface area contributed by atoms with Crippen LogP contribution in [-0.2, 0) is 4.79 Å². The lowest BCUT2D eigenvalue weighted by atomic mass is 9.80. The molecule has 144 valence electrons. The molecule has 0 unspecified atom stereocenters. The van der Waals surface area contributed by atoms with Crippen molar-refractivity contribution in [2.45, 2.75) is 23.1 Å². The molecule has 2 heterocycles. The van der Waals surface area contributed by atoms with E-state index in [0.717, 1.165) is 43.7 Å². The highest BCUT2D eigenvalue weighted by Gasteiger charge is 2.45. The molecule has 0 saturated carbocycles. The highest BCUT2D eigenvalue weighted by molar-refractivity contribution is 7.99. The quantitative estimate of drug-likeness (QED) is 0.661. The molecule has 1 aliphatic heterocycles. The first-order valence-corrected chi connectivity index (χ1v) is 10.5. The van der Waals surface area contributed by atoms with Crippen LogP contribution in [0.2, 0.25) is 0 Å². The summed E-state index contributed by atoms with van der Waals surface area (Å²) in [6, 6.07) is 15.3.